The van der Waals surface area contributed by atoms with Crippen LogP contribution in [0.3, 0.4) is 0 Å². The fraction of sp³-hybridized carbons (Fsp3) is 0.556. The van der Waals surface area contributed by atoms with Crippen LogP contribution in [-0.4, -0.2) is 50.9 Å². The quantitative estimate of drug-likeness (QED) is 0.861. The van der Waals surface area contributed by atoms with E-state index in [0.717, 1.165) is 16.4 Å². The molecule has 110 valence electrons. The van der Waals surface area contributed by atoms with E-state index in [1.165, 1.54) is 6.20 Å². The summed E-state index contributed by atoms with van der Waals surface area (Å²) in [6.07, 6.45) is -4.34. The third-order valence-corrected chi connectivity index (χ3v) is 3.68. The minimum Gasteiger partial charge on any atom is -0.481 e. The number of anilines is 1. The van der Waals surface area contributed by atoms with Gasteiger partial charge in [-0.15, -0.1) is 5.10 Å². The van der Waals surface area contributed by atoms with Crippen LogP contribution < -0.4 is 5.32 Å². The Balaban J connectivity index is 2.11. The molecule has 1 saturated heterocycles. The summed E-state index contributed by atoms with van der Waals surface area (Å²) in [7, 11) is 0. The van der Waals surface area contributed by atoms with Crippen LogP contribution in [0, 0.1) is 5.41 Å². The van der Waals surface area contributed by atoms with Crippen LogP contribution in [-0.2, 0) is 4.79 Å². The molecule has 2 amide bonds. The third-order valence-electron chi connectivity index (χ3n) is 3.10. The largest absolute Gasteiger partial charge is 0.481 e. The maximum Gasteiger partial charge on any atom is 0.406 e. The highest BCUT2D eigenvalue weighted by atomic mass is 32.1. The molecule has 0 saturated carbocycles. The summed E-state index contributed by atoms with van der Waals surface area (Å²) in [5.41, 5.74) is -2.91. The van der Waals surface area contributed by atoms with Crippen molar-refractivity contribution in [2.24, 2.45) is 5.41 Å². The molecular weight excluding hydrogens is 301 g/mol. The van der Waals surface area contributed by atoms with E-state index in [2.05, 4.69) is 14.9 Å². The van der Waals surface area contributed by atoms with Gasteiger partial charge in [0.1, 0.15) is 5.00 Å². The van der Waals surface area contributed by atoms with Gasteiger partial charge < -0.3 is 10.0 Å². The first-order valence-electron chi connectivity index (χ1n) is 5.40. The first kappa shape index (κ1) is 14.5. The Hall–Kier alpha value is -1.91. The van der Waals surface area contributed by atoms with Crippen molar-refractivity contribution in [3.63, 3.8) is 0 Å². The molecule has 1 aromatic rings. The molecule has 1 aliphatic heterocycles. The lowest BCUT2D eigenvalue weighted by molar-refractivity contribution is -0.226. The molecule has 1 unspecified atom stereocenters. The predicted octanol–water partition coefficient (Wildman–Crippen LogP) is 1.41. The first-order chi connectivity index (χ1) is 9.26. The number of nitrogens with one attached hydrogen (secondary N) is 1. The monoisotopic (exact) mass is 310 g/mol. The summed E-state index contributed by atoms with van der Waals surface area (Å²) in [5.74, 6) is -1.97. The second kappa shape index (κ2) is 4.89. The van der Waals surface area contributed by atoms with Crippen molar-refractivity contribution in [2.75, 3.05) is 18.4 Å². The molecule has 1 fully saturated rings. The number of carbonyl (C=O) groups excluding carboxylic acids is 1. The van der Waals surface area contributed by atoms with Gasteiger partial charge in [0.2, 0.25) is 0 Å². The summed E-state index contributed by atoms with van der Waals surface area (Å²) >= 11 is 0.864. The number of carboxylic acids is 1. The lowest BCUT2D eigenvalue weighted by atomic mass is 9.86. The zero-order chi connectivity index (χ0) is 15.0. The molecule has 1 atom stereocenters. The lowest BCUT2D eigenvalue weighted by Crippen LogP contribution is -2.48. The van der Waals surface area contributed by atoms with E-state index in [4.69, 9.17) is 5.11 Å². The Morgan fingerprint density at radius 1 is 1.50 bits per heavy atom. The molecule has 0 aromatic carbocycles. The molecule has 0 aliphatic carbocycles. The topological polar surface area (TPSA) is 95.4 Å². The second-order valence-electron chi connectivity index (χ2n) is 4.27. The summed E-state index contributed by atoms with van der Waals surface area (Å²) < 4.78 is 42.3. The van der Waals surface area contributed by atoms with E-state index in [-0.39, 0.29) is 11.5 Å². The number of urea groups is 1. The number of nitrogens with zero attached hydrogens (tertiary/aromatic N) is 3. The van der Waals surface area contributed by atoms with Gasteiger partial charge in [-0.2, -0.15) is 13.2 Å². The van der Waals surface area contributed by atoms with Crippen molar-refractivity contribution in [1.29, 1.82) is 0 Å². The van der Waals surface area contributed by atoms with Gasteiger partial charge in [0, 0.05) is 24.6 Å². The number of hydrogen-bond donors (Lipinski definition) is 2. The third kappa shape index (κ3) is 2.40. The second-order valence-corrected chi connectivity index (χ2v) is 5.05. The molecule has 2 N–H and O–H groups in total. The van der Waals surface area contributed by atoms with E-state index in [9.17, 15) is 22.8 Å². The molecule has 2 rings (SSSR count). The van der Waals surface area contributed by atoms with Gasteiger partial charge in [-0.1, -0.05) is 4.49 Å². The van der Waals surface area contributed by atoms with Gasteiger partial charge in [-0.05, 0) is 6.42 Å². The number of amides is 2. The zero-order valence-electron chi connectivity index (χ0n) is 9.85. The molecular formula is C9H9F3N4O3S. The highest BCUT2D eigenvalue weighted by Crippen LogP contribution is 2.45. The number of rotatable bonds is 2. The normalized spacial score (nSPS) is 22.9. The fourth-order valence-electron chi connectivity index (χ4n) is 1.92. The van der Waals surface area contributed by atoms with E-state index >= 15 is 0 Å². The first-order valence-corrected chi connectivity index (χ1v) is 6.17. The van der Waals surface area contributed by atoms with E-state index < -0.39 is 36.6 Å². The van der Waals surface area contributed by atoms with Crippen molar-refractivity contribution >= 4 is 28.5 Å². The van der Waals surface area contributed by atoms with Crippen LogP contribution in [0.2, 0.25) is 0 Å². The van der Waals surface area contributed by atoms with Gasteiger partial charge in [0.05, 0.1) is 6.20 Å². The van der Waals surface area contributed by atoms with Crippen molar-refractivity contribution in [2.45, 2.75) is 12.6 Å². The summed E-state index contributed by atoms with van der Waals surface area (Å²) in [6.45, 7) is -1.20. The maximum atomic E-state index is 12.9. The standard InChI is InChI=1S/C9H9F3N4O3S/c10-9(11,12)8(6(17)18)1-2-16(4-8)7(19)14-5-3-13-15-20-5/h3H,1-2,4H2,(H,14,19)(H,17,18). The highest BCUT2D eigenvalue weighted by molar-refractivity contribution is 7.10. The van der Waals surface area contributed by atoms with Crippen LogP contribution in [0.25, 0.3) is 0 Å². The van der Waals surface area contributed by atoms with Gasteiger partial charge in [-0.25, -0.2) is 4.79 Å². The number of aliphatic carboxylic acids is 1. The summed E-state index contributed by atoms with van der Waals surface area (Å²) in [4.78, 5) is 23.5. The van der Waals surface area contributed by atoms with Crippen molar-refractivity contribution in [1.82, 2.24) is 14.5 Å². The molecule has 20 heavy (non-hydrogen) atoms. The number of halogens is 3. The molecule has 2 heterocycles. The van der Waals surface area contributed by atoms with Gasteiger partial charge in [0.15, 0.2) is 5.41 Å². The van der Waals surface area contributed by atoms with Crippen LogP contribution >= 0.6 is 11.5 Å². The Morgan fingerprint density at radius 3 is 2.65 bits per heavy atom. The molecule has 0 spiro atoms. The van der Waals surface area contributed by atoms with E-state index in [1.807, 2.05) is 0 Å². The summed E-state index contributed by atoms with van der Waals surface area (Å²) in [6, 6.07) is -0.802. The molecule has 11 heteroatoms. The number of carbonyl (C=O) groups is 2. The zero-order valence-corrected chi connectivity index (χ0v) is 10.7. The Labute approximate surface area is 114 Å². The molecule has 7 nitrogen and oxygen atoms in total. The average Bonchev–Trinajstić information content (AvgIpc) is 2.96. The number of carboxylic acid groups (broad SMARTS) is 1. The Kier molecular flexibility index (Phi) is 3.54. The van der Waals surface area contributed by atoms with Crippen molar-refractivity contribution < 1.29 is 27.9 Å². The van der Waals surface area contributed by atoms with E-state index in [0.29, 0.717) is 0 Å². The van der Waals surface area contributed by atoms with Crippen LogP contribution in [0.1, 0.15) is 6.42 Å². The molecule has 1 aromatic heterocycles. The number of likely N-dealkylation sites (tertiary alicyclic amines) is 1. The van der Waals surface area contributed by atoms with Crippen LogP contribution in [0.4, 0.5) is 23.0 Å². The highest BCUT2D eigenvalue weighted by Gasteiger charge is 2.64. The smallest absolute Gasteiger partial charge is 0.406 e. The van der Waals surface area contributed by atoms with Gasteiger partial charge in [0.25, 0.3) is 0 Å². The van der Waals surface area contributed by atoms with Crippen molar-refractivity contribution in [3.05, 3.63) is 6.20 Å². The number of alkyl halides is 3. The van der Waals surface area contributed by atoms with Crippen molar-refractivity contribution in [3.8, 4) is 0 Å². The average molecular weight is 310 g/mol. The van der Waals surface area contributed by atoms with Gasteiger partial charge >= 0.3 is 18.2 Å². The van der Waals surface area contributed by atoms with Gasteiger partial charge in [-0.3, -0.25) is 10.1 Å². The minimum atomic E-state index is -4.92. The van der Waals surface area contributed by atoms with Crippen LogP contribution in [0.15, 0.2) is 6.20 Å². The van der Waals surface area contributed by atoms with E-state index in [1.54, 1.807) is 0 Å². The van der Waals surface area contributed by atoms with Crippen LogP contribution in [0.5, 0.6) is 0 Å². The number of hydrogen-bond acceptors (Lipinski definition) is 5. The molecule has 0 radical (unpaired) electrons. The minimum absolute atomic E-state index is 0.273. The lowest BCUT2D eigenvalue weighted by Gasteiger charge is -2.27. The maximum absolute atomic E-state index is 12.9. The SMILES string of the molecule is O=C(Nc1cnns1)N1CCC(C(=O)O)(C(F)(F)F)C1. The molecule has 1 aliphatic rings. The fourth-order valence-corrected chi connectivity index (χ4v) is 2.33. The Morgan fingerprint density at radius 2 is 2.20 bits per heavy atom. The Bertz CT molecular complexity index is 521. The molecule has 0 bridgehead atoms. The number of aromatic nitrogens is 2. The summed E-state index contributed by atoms with van der Waals surface area (Å²) in [5, 5.41) is 14.9. The predicted molar refractivity (Wildman–Crippen MR) is 61.2 cm³/mol.